The lowest BCUT2D eigenvalue weighted by Gasteiger charge is -2.38. The van der Waals surface area contributed by atoms with Gasteiger partial charge in [-0.15, -0.1) is 0 Å². The van der Waals surface area contributed by atoms with Gasteiger partial charge in [0, 0.05) is 13.1 Å². The number of amides is 2. The first kappa shape index (κ1) is 15.3. The van der Waals surface area contributed by atoms with Gasteiger partial charge in [-0.1, -0.05) is 20.3 Å². The molecule has 20 heavy (non-hydrogen) atoms. The lowest BCUT2D eigenvalue weighted by atomic mass is 9.94. The van der Waals surface area contributed by atoms with E-state index in [1.54, 1.807) is 4.90 Å². The fraction of sp³-hybridized carbons (Fsp3) is 0.867. The highest BCUT2D eigenvalue weighted by atomic mass is 16.2. The summed E-state index contributed by atoms with van der Waals surface area (Å²) in [5.74, 6) is 0.788. The van der Waals surface area contributed by atoms with E-state index in [1.165, 1.54) is 6.42 Å². The molecule has 0 aromatic rings. The average molecular weight is 281 g/mol. The molecule has 2 aliphatic rings. The molecule has 0 aromatic heterocycles. The number of carbonyl (C=O) groups excluding carboxylic acids is 2. The molecule has 114 valence electrons. The van der Waals surface area contributed by atoms with Gasteiger partial charge < -0.3 is 15.1 Å². The van der Waals surface area contributed by atoms with Crippen molar-refractivity contribution in [1.29, 1.82) is 0 Å². The molecule has 2 heterocycles. The monoisotopic (exact) mass is 281 g/mol. The summed E-state index contributed by atoms with van der Waals surface area (Å²) in [7, 11) is 2.12. The fourth-order valence-electron chi connectivity index (χ4n) is 3.24. The standard InChI is InChI=1S/C15H27N3O2/c1-4-11(2)14-15(20)18(10-13(19)16-14)9-12-6-5-7-17(3)8-12/h11-12,14H,4-10H2,1-3H3,(H,16,19). The van der Waals surface area contributed by atoms with Crippen LogP contribution < -0.4 is 5.32 Å². The molecule has 0 saturated carbocycles. The second kappa shape index (κ2) is 6.57. The summed E-state index contributed by atoms with van der Waals surface area (Å²) in [6, 6.07) is -0.331. The van der Waals surface area contributed by atoms with E-state index in [1.807, 2.05) is 6.92 Å². The number of carbonyl (C=O) groups is 2. The third-order valence-electron chi connectivity index (χ3n) is 4.64. The first-order valence-electron chi connectivity index (χ1n) is 7.78. The summed E-state index contributed by atoms with van der Waals surface area (Å²) < 4.78 is 0. The molecule has 0 radical (unpaired) electrons. The molecule has 2 fully saturated rings. The maximum atomic E-state index is 12.5. The zero-order valence-electron chi connectivity index (χ0n) is 12.9. The van der Waals surface area contributed by atoms with Gasteiger partial charge in [-0.2, -0.15) is 0 Å². The Morgan fingerprint density at radius 2 is 2.15 bits per heavy atom. The van der Waals surface area contributed by atoms with Gasteiger partial charge >= 0.3 is 0 Å². The second-order valence-electron chi connectivity index (χ2n) is 6.42. The third kappa shape index (κ3) is 3.51. The molecule has 5 nitrogen and oxygen atoms in total. The van der Waals surface area contributed by atoms with Crippen LogP contribution in [0.5, 0.6) is 0 Å². The summed E-state index contributed by atoms with van der Waals surface area (Å²) in [6.07, 6.45) is 3.24. The molecule has 3 unspecified atom stereocenters. The summed E-state index contributed by atoms with van der Waals surface area (Å²) in [4.78, 5) is 28.5. The van der Waals surface area contributed by atoms with Gasteiger partial charge in [0.15, 0.2) is 0 Å². The van der Waals surface area contributed by atoms with Crippen molar-refractivity contribution in [1.82, 2.24) is 15.1 Å². The number of piperazine rings is 1. The van der Waals surface area contributed by atoms with Crippen LogP contribution in [-0.2, 0) is 9.59 Å². The summed E-state index contributed by atoms with van der Waals surface area (Å²) >= 11 is 0. The number of rotatable bonds is 4. The quantitative estimate of drug-likeness (QED) is 0.825. The molecule has 2 aliphatic heterocycles. The van der Waals surface area contributed by atoms with Gasteiger partial charge in [0.2, 0.25) is 11.8 Å². The number of likely N-dealkylation sites (tertiary alicyclic amines) is 1. The Morgan fingerprint density at radius 1 is 1.40 bits per heavy atom. The molecule has 2 amide bonds. The van der Waals surface area contributed by atoms with Crippen molar-refractivity contribution >= 4 is 11.8 Å². The Balaban J connectivity index is 1.99. The summed E-state index contributed by atoms with van der Waals surface area (Å²) in [5.41, 5.74) is 0. The van der Waals surface area contributed by atoms with Crippen LogP contribution in [0.25, 0.3) is 0 Å². The summed E-state index contributed by atoms with van der Waals surface area (Å²) in [5, 5.41) is 2.85. The van der Waals surface area contributed by atoms with E-state index in [2.05, 4.69) is 24.2 Å². The largest absolute Gasteiger partial charge is 0.342 e. The van der Waals surface area contributed by atoms with Gasteiger partial charge in [-0.05, 0) is 38.3 Å². The van der Waals surface area contributed by atoms with Crippen LogP contribution in [0, 0.1) is 11.8 Å². The normalized spacial score (nSPS) is 30.2. The molecule has 1 N–H and O–H groups in total. The van der Waals surface area contributed by atoms with Crippen molar-refractivity contribution < 1.29 is 9.59 Å². The van der Waals surface area contributed by atoms with Crippen LogP contribution in [0.15, 0.2) is 0 Å². The smallest absolute Gasteiger partial charge is 0.245 e. The van der Waals surface area contributed by atoms with Crippen molar-refractivity contribution in [3.05, 3.63) is 0 Å². The zero-order chi connectivity index (χ0) is 14.7. The Bertz CT molecular complexity index is 372. The van der Waals surface area contributed by atoms with Crippen LogP contribution in [0.1, 0.15) is 33.1 Å². The van der Waals surface area contributed by atoms with E-state index in [0.717, 1.165) is 32.5 Å². The highest BCUT2D eigenvalue weighted by Gasteiger charge is 2.36. The first-order chi connectivity index (χ1) is 9.51. The Labute approximate surface area is 121 Å². The second-order valence-corrected chi connectivity index (χ2v) is 6.42. The molecule has 0 aliphatic carbocycles. The summed E-state index contributed by atoms with van der Waals surface area (Å²) in [6.45, 7) is 7.20. The minimum Gasteiger partial charge on any atom is -0.342 e. The molecule has 3 atom stereocenters. The molecule has 0 spiro atoms. The number of piperidine rings is 1. The van der Waals surface area contributed by atoms with Gasteiger partial charge in [0.05, 0.1) is 6.54 Å². The molecular formula is C15H27N3O2. The number of hydrogen-bond acceptors (Lipinski definition) is 3. The zero-order valence-corrected chi connectivity index (χ0v) is 12.9. The Kier molecular flexibility index (Phi) is 5.02. The van der Waals surface area contributed by atoms with Gasteiger partial charge in [0.25, 0.3) is 0 Å². The van der Waals surface area contributed by atoms with E-state index in [0.29, 0.717) is 5.92 Å². The lowest BCUT2D eigenvalue weighted by molar-refractivity contribution is -0.146. The average Bonchev–Trinajstić information content (AvgIpc) is 2.41. The Hall–Kier alpha value is -1.10. The molecule has 0 aromatic carbocycles. The van der Waals surface area contributed by atoms with Crippen molar-refractivity contribution in [3.63, 3.8) is 0 Å². The maximum absolute atomic E-state index is 12.5. The van der Waals surface area contributed by atoms with Gasteiger partial charge in [-0.25, -0.2) is 0 Å². The number of nitrogens with zero attached hydrogens (tertiary/aromatic N) is 2. The topological polar surface area (TPSA) is 52.7 Å². The maximum Gasteiger partial charge on any atom is 0.245 e. The van der Waals surface area contributed by atoms with Crippen LogP contribution >= 0.6 is 0 Å². The highest BCUT2D eigenvalue weighted by Crippen LogP contribution is 2.20. The third-order valence-corrected chi connectivity index (χ3v) is 4.64. The SMILES string of the molecule is CCC(C)C1NC(=O)CN(CC2CCCN(C)C2)C1=O. The molecule has 2 saturated heterocycles. The minimum absolute atomic E-state index is 0.0148. The van der Waals surface area contributed by atoms with E-state index < -0.39 is 0 Å². The van der Waals surface area contributed by atoms with E-state index in [4.69, 9.17) is 0 Å². The van der Waals surface area contributed by atoms with Crippen molar-refractivity contribution in [2.75, 3.05) is 33.2 Å². The predicted molar refractivity (Wildman–Crippen MR) is 78.2 cm³/mol. The van der Waals surface area contributed by atoms with Crippen molar-refractivity contribution in [3.8, 4) is 0 Å². The van der Waals surface area contributed by atoms with Gasteiger partial charge in [0.1, 0.15) is 6.04 Å². The predicted octanol–water partition coefficient (Wildman–Crippen LogP) is 0.701. The molecular weight excluding hydrogens is 254 g/mol. The van der Waals surface area contributed by atoms with Crippen LogP contribution in [0.4, 0.5) is 0 Å². The van der Waals surface area contributed by atoms with Crippen LogP contribution in [0.3, 0.4) is 0 Å². The molecule has 5 heteroatoms. The van der Waals surface area contributed by atoms with E-state index in [9.17, 15) is 9.59 Å². The van der Waals surface area contributed by atoms with Crippen molar-refractivity contribution in [2.24, 2.45) is 11.8 Å². The Morgan fingerprint density at radius 3 is 2.80 bits per heavy atom. The van der Waals surface area contributed by atoms with Crippen LogP contribution in [-0.4, -0.2) is 60.9 Å². The molecule has 2 rings (SSSR count). The molecule has 0 bridgehead atoms. The lowest BCUT2D eigenvalue weighted by Crippen LogP contribution is -2.61. The first-order valence-corrected chi connectivity index (χ1v) is 7.78. The van der Waals surface area contributed by atoms with E-state index in [-0.39, 0.29) is 30.3 Å². The number of hydrogen-bond donors (Lipinski definition) is 1. The minimum atomic E-state index is -0.331. The number of nitrogens with one attached hydrogen (secondary N) is 1. The fourth-order valence-corrected chi connectivity index (χ4v) is 3.24. The van der Waals surface area contributed by atoms with E-state index >= 15 is 0 Å². The highest BCUT2D eigenvalue weighted by molar-refractivity contribution is 5.95. The van der Waals surface area contributed by atoms with Crippen molar-refractivity contribution in [2.45, 2.75) is 39.2 Å². The van der Waals surface area contributed by atoms with Gasteiger partial charge in [-0.3, -0.25) is 9.59 Å². The van der Waals surface area contributed by atoms with Crippen LogP contribution in [0.2, 0.25) is 0 Å².